The van der Waals surface area contributed by atoms with Gasteiger partial charge in [-0.05, 0) is 63.2 Å². The highest BCUT2D eigenvalue weighted by Gasteiger charge is 2.47. The Labute approximate surface area is 196 Å². The molecule has 0 bridgehead atoms. The van der Waals surface area contributed by atoms with Crippen LogP contribution in [0.1, 0.15) is 51.4 Å². The van der Waals surface area contributed by atoms with Gasteiger partial charge in [-0.3, -0.25) is 0 Å². The van der Waals surface area contributed by atoms with Crippen molar-refractivity contribution >= 4 is 5.97 Å². The molecule has 7 atom stereocenters. The molecule has 1 N–H and O–H groups in total. The molecule has 8 nitrogen and oxygen atoms in total. The minimum atomic E-state index is -0.406. The Bertz CT molecular complexity index is 640. The van der Waals surface area contributed by atoms with Crippen LogP contribution in [0.4, 0.5) is 0 Å². The number of rotatable bonds is 11. The van der Waals surface area contributed by atoms with E-state index in [1.165, 1.54) is 12.7 Å². The highest BCUT2D eigenvalue weighted by Crippen LogP contribution is 2.50. The van der Waals surface area contributed by atoms with Crippen molar-refractivity contribution in [2.75, 3.05) is 46.8 Å². The maximum Gasteiger partial charge on any atom is 0.331 e. The molecule has 2 aliphatic carbocycles. The van der Waals surface area contributed by atoms with E-state index in [9.17, 15) is 9.90 Å². The lowest BCUT2D eigenvalue weighted by Crippen LogP contribution is -2.35. The van der Waals surface area contributed by atoms with Gasteiger partial charge in [0.2, 0.25) is 0 Å². The van der Waals surface area contributed by atoms with E-state index in [2.05, 4.69) is 10.8 Å². The van der Waals surface area contributed by atoms with Crippen LogP contribution >= 0.6 is 0 Å². The summed E-state index contributed by atoms with van der Waals surface area (Å²) in [5.41, 5.74) is 1.21. The number of aliphatic hydroxyl groups excluding tert-OH is 1. The molecular weight excluding hydrogens is 428 g/mol. The molecule has 4 aliphatic rings. The number of carbonyl (C=O) groups excluding carboxylic acids is 1. The number of aliphatic hydroxyl groups is 1. The third-order valence-electron chi connectivity index (χ3n) is 7.54. The zero-order valence-corrected chi connectivity index (χ0v) is 19.8. The summed E-state index contributed by atoms with van der Waals surface area (Å²) in [6, 6.07) is 0. The molecule has 0 amide bonds. The zero-order chi connectivity index (χ0) is 23.0. The van der Waals surface area contributed by atoms with Crippen LogP contribution in [0.15, 0.2) is 11.6 Å². The predicted molar refractivity (Wildman–Crippen MR) is 119 cm³/mol. The van der Waals surface area contributed by atoms with Gasteiger partial charge in [0.1, 0.15) is 6.61 Å². The second kappa shape index (κ2) is 12.6. The number of allylic oxidation sites excluding steroid dienone is 1. The van der Waals surface area contributed by atoms with Crippen LogP contribution in [0.25, 0.3) is 0 Å². The van der Waals surface area contributed by atoms with Crippen molar-refractivity contribution in [3.05, 3.63) is 11.6 Å². The summed E-state index contributed by atoms with van der Waals surface area (Å²) in [7, 11) is 1.34. The zero-order valence-electron chi connectivity index (χ0n) is 19.8. The van der Waals surface area contributed by atoms with Crippen molar-refractivity contribution in [2.45, 2.75) is 70.1 Å². The Hall–Kier alpha value is -1.03. The first-order valence-electron chi connectivity index (χ1n) is 12.6. The van der Waals surface area contributed by atoms with Gasteiger partial charge in [-0.1, -0.05) is 11.6 Å². The van der Waals surface area contributed by atoms with Gasteiger partial charge in [-0.25, -0.2) is 4.79 Å². The minimum Gasteiger partial charge on any atom is -0.467 e. The number of esters is 1. The largest absolute Gasteiger partial charge is 0.467 e. The number of fused-ring (bicyclic) bond motifs is 1. The van der Waals surface area contributed by atoms with Crippen LogP contribution in [-0.4, -0.2) is 76.5 Å². The molecule has 2 saturated heterocycles. The number of hydrogen-bond donors (Lipinski definition) is 1. The molecule has 188 valence electrons. The van der Waals surface area contributed by atoms with E-state index in [4.69, 9.17) is 23.7 Å². The third kappa shape index (κ3) is 6.77. The monoisotopic (exact) mass is 468 g/mol. The molecule has 0 spiro atoms. The first-order chi connectivity index (χ1) is 16.2. The lowest BCUT2D eigenvalue weighted by atomic mass is 9.92. The van der Waals surface area contributed by atoms with Gasteiger partial charge in [0.05, 0.1) is 33.0 Å². The fourth-order valence-corrected chi connectivity index (χ4v) is 5.70. The Morgan fingerprint density at radius 2 is 1.91 bits per heavy atom. The van der Waals surface area contributed by atoms with Crippen LogP contribution in [-0.2, 0) is 33.2 Å². The first kappa shape index (κ1) is 25.1. The number of carbonyl (C=O) groups is 1. The number of methoxy groups -OCH3 is 1. The normalized spacial score (nSPS) is 35.2. The Morgan fingerprint density at radius 1 is 1.15 bits per heavy atom. The molecule has 3 fully saturated rings. The highest BCUT2D eigenvalue weighted by molar-refractivity contribution is 5.70. The highest BCUT2D eigenvalue weighted by atomic mass is 16.7. The van der Waals surface area contributed by atoms with Crippen molar-refractivity contribution in [1.82, 2.24) is 0 Å². The van der Waals surface area contributed by atoms with Crippen LogP contribution < -0.4 is 0 Å². The topological polar surface area (TPSA) is 92.7 Å². The van der Waals surface area contributed by atoms with Gasteiger partial charge >= 0.3 is 5.97 Å². The summed E-state index contributed by atoms with van der Waals surface area (Å²) < 4.78 is 34.5. The molecule has 4 rings (SSSR count). The maximum absolute atomic E-state index is 11.3. The number of ether oxygens (including phenoxy) is 6. The van der Waals surface area contributed by atoms with Gasteiger partial charge in [0, 0.05) is 25.0 Å². The third-order valence-corrected chi connectivity index (χ3v) is 7.54. The van der Waals surface area contributed by atoms with Gasteiger partial charge < -0.3 is 33.5 Å². The van der Waals surface area contributed by atoms with Crippen molar-refractivity contribution in [3.8, 4) is 0 Å². The van der Waals surface area contributed by atoms with E-state index in [1.54, 1.807) is 0 Å². The van der Waals surface area contributed by atoms with Gasteiger partial charge in [0.25, 0.3) is 0 Å². The minimum absolute atomic E-state index is 0.000626. The molecule has 8 heteroatoms. The van der Waals surface area contributed by atoms with Crippen molar-refractivity contribution < 1.29 is 38.3 Å². The van der Waals surface area contributed by atoms with Crippen LogP contribution in [0.3, 0.4) is 0 Å². The standard InChI is InChI=1S/C25H40O8/c1-28-23(27)16-29-14-19(13-26)17-10-18-12-22(33-25-7-3-5-9-31-25)21(20(18)11-17)15-32-24-6-2-4-8-30-24/h11,18-22,24-26H,2-10,12-16H2,1H3. The maximum atomic E-state index is 11.3. The van der Waals surface area contributed by atoms with E-state index >= 15 is 0 Å². The summed E-state index contributed by atoms with van der Waals surface area (Å²) >= 11 is 0. The fraction of sp³-hybridized carbons (Fsp3) is 0.880. The van der Waals surface area contributed by atoms with Crippen LogP contribution in [0.2, 0.25) is 0 Å². The van der Waals surface area contributed by atoms with E-state index in [0.717, 1.165) is 64.6 Å². The Morgan fingerprint density at radius 3 is 2.58 bits per heavy atom. The molecule has 0 aromatic heterocycles. The molecule has 2 aliphatic heterocycles. The summed E-state index contributed by atoms with van der Waals surface area (Å²) in [5.74, 6) is 0.524. The summed E-state index contributed by atoms with van der Waals surface area (Å²) in [4.78, 5) is 11.3. The van der Waals surface area contributed by atoms with E-state index < -0.39 is 5.97 Å². The van der Waals surface area contributed by atoms with Crippen LogP contribution in [0.5, 0.6) is 0 Å². The molecular formula is C25H40O8. The lowest BCUT2D eigenvalue weighted by Gasteiger charge is -2.31. The summed E-state index contributed by atoms with van der Waals surface area (Å²) in [5, 5.41) is 9.96. The van der Waals surface area contributed by atoms with E-state index in [0.29, 0.717) is 25.0 Å². The second-order valence-corrected chi connectivity index (χ2v) is 9.75. The number of hydrogen-bond acceptors (Lipinski definition) is 8. The molecule has 1 saturated carbocycles. The SMILES string of the molecule is COC(=O)COCC(CO)C1=CC2C(C1)CC(OC1CCCCO1)C2COC1CCCCO1. The van der Waals surface area contributed by atoms with E-state index in [1.807, 2.05) is 0 Å². The molecule has 0 aromatic rings. The van der Waals surface area contributed by atoms with Crippen molar-refractivity contribution in [2.24, 2.45) is 23.7 Å². The Balaban J connectivity index is 1.38. The summed E-state index contributed by atoms with van der Waals surface area (Å²) in [6.45, 7) is 2.36. The van der Waals surface area contributed by atoms with Crippen molar-refractivity contribution in [1.29, 1.82) is 0 Å². The summed E-state index contributed by atoms with van der Waals surface area (Å²) in [6.07, 6.45) is 10.5. The van der Waals surface area contributed by atoms with E-state index in [-0.39, 0.29) is 43.7 Å². The van der Waals surface area contributed by atoms with Gasteiger partial charge in [-0.2, -0.15) is 0 Å². The smallest absolute Gasteiger partial charge is 0.331 e. The Kier molecular flexibility index (Phi) is 9.58. The average molecular weight is 469 g/mol. The molecule has 0 radical (unpaired) electrons. The first-order valence-corrected chi connectivity index (χ1v) is 12.6. The molecule has 7 unspecified atom stereocenters. The predicted octanol–water partition coefficient (Wildman–Crippen LogP) is 2.82. The molecule has 2 heterocycles. The van der Waals surface area contributed by atoms with Gasteiger partial charge in [0.15, 0.2) is 12.6 Å². The van der Waals surface area contributed by atoms with Gasteiger partial charge in [-0.15, -0.1) is 0 Å². The quantitative estimate of drug-likeness (QED) is 0.366. The fourth-order valence-electron chi connectivity index (χ4n) is 5.70. The molecule has 33 heavy (non-hydrogen) atoms. The second-order valence-electron chi connectivity index (χ2n) is 9.75. The lowest BCUT2D eigenvalue weighted by molar-refractivity contribution is -0.211. The molecule has 0 aromatic carbocycles. The van der Waals surface area contributed by atoms with Crippen molar-refractivity contribution in [3.63, 3.8) is 0 Å². The average Bonchev–Trinajstić information content (AvgIpc) is 3.39. The van der Waals surface area contributed by atoms with Crippen LogP contribution in [0, 0.1) is 23.7 Å².